The van der Waals surface area contributed by atoms with E-state index in [2.05, 4.69) is 5.32 Å². The third-order valence-corrected chi connectivity index (χ3v) is 4.70. The molecule has 4 rings (SSSR count). The zero-order valence-corrected chi connectivity index (χ0v) is 14.9. The molecule has 0 fully saturated rings. The number of aromatic nitrogens is 1. The molecule has 0 unspecified atom stereocenters. The Hall–Kier alpha value is -3.86. The Kier molecular flexibility index (Phi) is 4.64. The Balaban J connectivity index is 1.86. The molecule has 28 heavy (non-hydrogen) atoms. The van der Waals surface area contributed by atoms with Crippen LogP contribution in [0.4, 0.5) is 0 Å². The third kappa shape index (κ3) is 3.25. The molecule has 0 radical (unpaired) electrons. The summed E-state index contributed by atoms with van der Waals surface area (Å²) < 4.78 is 0.528. The quantitative estimate of drug-likeness (QED) is 0.425. The second kappa shape index (κ2) is 7.40. The fourth-order valence-electron chi connectivity index (χ4n) is 3.36. The van der Waals surface area contributed by atoms with Crippen LogP contribution < -0.4 is 10.0 Å². The predicted molar refractivity (Wildman–Crippen MR) is 107 cm³/mol. The molecule has 1 aromatic heterocycles. The van der Waals surface area contributed by atoms with Gasteiger partial charge in [-0.3, -0.25) is 4.79 Å². The molecule has 1 atom stereocenters. The Morgan fingerprint density at radius 3 is 2.39 bits per heavy atom. The third-order valence-electron chi connectivity index (χ3n) is 4.70. The number of nitrogens with one attached hydrogen (secondary N) is 1. The minimum atomic E-state index is -0.625. The molecule has 138 valence electrons. The van der Waals surface area contributed by atoms with Crippen LogP contribution in [0.5, 0.6) is 5.75 Å². The van der Waals surface area contributed by atoms with Crippen molar-refractivity contribution in [1.29, 1.82) is 0 Å². The number of hydrogen-bond donors (Lipinski definition) is 2. The molecule has 5 nitrogen and oxygen atoms in total. The number of nitrogens with zero attached hydrogens (tertiary/aromatic N) is 1. The monoisotopic (exact) mass is 370 g/mol. The van der Waals surface area contributed by atoms with Crippen molar-refractivity contribution in [2.75, 3.05) is 0 Å². The van der Waals surface area contributed by atoms with E-state index < -0.39 is 11.9 Å². The first-order valence-electron chi connectivity index (χ1n) is 8.90. The molecule has 0 bridgehead atoms. The number of phenolic OH excluding ortho intramolecular Hbond substituents is 1. The van der Waals surface area contributed by atoms with Gasteiger partial charge in [0.25, 0.3) is 5.69 Å². The Labute approximate surface area is 162 Å². The number of pyridine rings is 1. The molecule has 3 aromatic carbocycles. The lowest BCUT2D eigenvalue weighted by Gasteiger charge is -2.22. The smallest absolute Gasteiger partial charge is 0.318 e. The molecular formula is C23H18N2O3. The van der Waals surface area contributed by atoms with Gasteiger partial charge in [-0.25, -0.2) is 0 Å². The first-order chi connectivity index (χ1) is 13.6. The minimum absolute atomic E-state index is 0.0110. The molecule has 5 heteroatoms. The molecule has 0 spiro atoms. The van der Waals surface area contributed by atoms with Gasteiger partial charge in [0.05, 0.1) is 6.04 Å². The van der Waals surface area contributed by atoms with E-state index >= 15 is 0 Å². The van der Waals surface area contributed by atoms with Crippen molar-refractivity contribution < 1.29 is 14.6 Å². The van der Waals surface area contributed by atoms with Gasteiger partial charge in [0.1, 0.15) is 5.75 Å². The number of carbonyl (C=O) groups is 1. The van der Waals surface area contributed by atoms with E-state index in [1.165, 1.54) is 12.3 Å². The molecular weight excluding hydrogens is 352 g/mol. The van der Waals surface area contributed by atoms with E-state index in [9.17, 15) is 15.1 Å². The summed E-state index contributed by atoms with van der Waals surface area (Å²) in [6, 6.07) is 24.5. The molecule has 0 aliphatic rings. The molecule has 4 aromatic rings. The van der Waals surface area contributed by atoms with Crippen LogP contribution in [0.25, 0.3) is 10.8 Å². The van der Waals surface area contributed by atoms with Crippen molar-refractivity contribution in [3.05, 3.63) is 113 Å². The van der Waals surface area contributed by atoms with Gasteiger partial charge >= 0.3 is 5.91 Å². The van der Waals surface area contributed by atoms with Gasteiger partial charge in [-0.15, -0.1) is 0 Å². The SMILES string of the molecule is O=C(N[C@H](c1ccccc1)c1c(O)ccc2ccccc12)c1cccc[n+]1[O-]. The van der Waals surface area contributed by atoms with E-state index in [0.29, 0.717) is 10.3 Å². The summed E-state index contributed by atoms with van der Waals surface area (Å²) in [4.78, 5) is 12.9. The van der Waals surface area contributed by atoms with Crippen molar-refractivity contribution in [1.82, 2.24) is 5.32 Å². The van der Waals surface area contributed by atoms with Crippen molar-refractivity contribution in [3.8, 4) is 5.75 Å². The van der Waals surface area contributed by atoms with Crippen LogP contribution in [-0.4, -0.2) is 11.0 Å². The highest BCUT2D eigenvalue weighted by atomic mass is 16.5. The van der Waals surface area contributed by atoms with E-state index in [1.54, 1.807) is 18.2 Å². The van der Waals surface area contributed by atoms with E-state index in [4.69, 9.17) is 0 Å². The van der Waals surface area contributed by atoms with E-state index in [0.717, 1.165) is 16.3 Å². The molecule has 0 saturated heterocycles. The molecule has 0 saturated carbocycles. The van der Waals surface area contributed by atoms with Crippen LogP contribution in [0.3, 0.4) is 0 Å². The number of rotatable bonds is 4. The lowest BCUT2D eigenvalue weighted by molar-refractivity contribution is -0.607. The Morgan fingerprint density at radius 1 is 0.893 bits per heavy atom. The maximum atomic E-state index is 12.9. The van der Waals surface area contributed by atoms with Crippen molar-refractivity contribution in [3.63, 3.8) is 0 Å². The number of fused-ring (bicyclic) bond motifs is 1. The number of phenols is 1. The van der Waals surface area contributed by atoms with E-state index in [1.807, 2.05) is 60.7 Å². The van der Waals surface area contributed by atoms with Crippen LogP contribution in [0, 0.1) is 5.21 Å². The summed E-state index contributed by atoms with van der Waals surface area (Å²) in [6.45, 7) is 0. The van der Waals surface area contributed by atoms with Crippen molar-refractivity contribution in [2.24, 2.45) is 0 Å². The summed E-state index contributed by atoms with van der Waals surface area (Å²) in [5.74, 6) is -0.437. The van der Waals surface area contributed by atoms with E-state index in [-0.39, 0.29) is 11.4 Å². The average molecular weight is 370 g/mol. The largest absolute Gasteiger partial charge is 0.618 e. The van der Waals surface area contributed by atoms with Gasteiger partial charge in [-0.2, -0.15) is 4.73 Å². The number of carbonyl (C=O) groups excluding carboxylic acids is 1. The minimum Gasteiger partial charge on any atom is -0.618 e. The Morgan fingerprint density at radius 2 is 1.61 bits per heavy atom. The second-order valence-electron chi connectivity index (χ2n) is 6.45. The van der Waals surface area contributed by atoms with Crippen LogP contribution in [-0.2, 0) is 0 Å². The number of amides is 1. The number of aromatic hydroxyl groups is 1. The normalized spacial score (nSPS) is 11.9. The van der Waals surface area contributed by atoms with Gasteiger partial charge in [-0.1, -0.05) is 60.7 Å². The summed E-state index contributed by atoms with van der Waals surface area (Å²) in [6.07, 6.45) is 1.28. The lowest BCUT2D eigenvalue weighted by atomic mass is 9.92. The van der Waals surface area contributed by atoms with Crippen molar-refractivity contribution in [2.45, 2.75) is 6.04 Å². The molecule has 1 amide bonds. The predicted octanol–water partition coefficient (Wildman–Crippen LogP) is 3.70. The van der Waals surface area contributed by atoms with Gasteiger partial charge in [0, 0.05) is 17.7 Å². The molecule has 0 aliphatic carbocycles. The first kappa shape index (κ1) is 17.5. The maximum absolute atomic E-state index is 12.9. The highest BCUT2D eigenvalue weighted by Crippen LogP contribution is 2.35. The zero-order chi connectivity index (χ0) is 19.5. The van der Waals surface area contributed by atoms with Gasteiger partial charge in [-0.05, 0) is 28.5 Å². The lowest BCUT2D eigenvalue weighted by Crippen LogP contribution is -2.40. The standard InChI is InChI=1S/C23H18N2O3/c26-20-14-13-16-8-4-5-11-18(16)21(20)22(17-9-2-1-3-10-17)24-23(27)19-12-6-7-15-25(19)28/h1-15,22,26H,(H,24,27)/t22-/m1/s1. The average Bonchev–Trinajstić information content (AvgIpc) is 2.73. The number of benzene rings is 3. The summed E-state index contributed by atoms with van der Waals surface area (Å²) >= 11 is 0. The summed E-state index contributed by atoms with van der Waals surface area (Å²) in [7, 11) is 0. The zero-order valence-electron chi connectivity index (χ0n) is 14.9. The first-order valence-corrected chi connectivity index (χ1v) is 8.90. The van der Waals surface area contributed by atoms with Gasteiger partial charge < -0.3 is 15.6 Å². The van der Waals surface area contributed by atoms with Crippen LogP contribution in [0.1, 0.15) is 27.7 Å². The van der Waals surface area contributed by atoms with Gasteiger partial charge in [0.2, 0.25) is 0 Å². The van der Waals surface area contributed by atoms with Crippen LogP contribution in [0.2, 0.25) is 0 Å². The number of hydrogen-bond acceptors (Lipinski definition) is 3. The second-order valence-corrected chi connectivity index (χ2v) is 6.45. The topological polar surface area (TPSA) is 76.3 Å². The highest BCUT2D eigenvalue weighted by molar-refractivity contribution is 5.93. The van der Waals surface area contributed by atoms with Crippen molar-refractivity contribution >= 4 is 16.7 Å². The summed E-state index contributed by atoms with van der Waals surface area (Å²) in [5, 5.41) is 27.4. The highest BCUT2D eigenvalue weighted by Gasteiger charge is 2.25. The van der Waals surface area contributed by atoms with Crippen LogP contribution >= 0.6 is 0 Å². The fraction of sp³-hybridized carbons (Fsp3) is 0.0435. The Bertz CT molecular complexity index is 1140. The molecule has 2 N–H and O–H groups in total. The maximum Gasteiger partial charge on any atom is 0.318 e. The summed E-state index contributed by atoms with van der Waals surface area (Å²) in [5.41, 5.74) is 1.38. The van der Waals surface area contributed by atoms with Gasteiger partial charge in [0.15, 0.2) is 6.20 Å². The molecule has 1 heterocycles. The fourth-order valence-corrected chi connectivity index (χ4v) is 3.36. The molecule has 0 aliphatic heterocycles. The van der Waals surface area contributed by atoms with Crippen LogP contribution in [0.15, 0.2) is 91.1 Å².